The Hall–Kier alpha value is -2.52. The molecule has 2 saturated carbocycles. The molecule has 4 fully saturated rings. The molecule has 0 aromatic carbocycles. The first kappa shape index (κ1) is 23.6. The van der Waals surface area contributed by atoms with Crippen LogP contribution in [0.3, 0.4) is 0 Å². The van der Waals surface area contributed by atoms with Crippen molar-refractivity contribution in [2.45, 2.75) is 88.1 Å². The molecule has 2 N–H and O–H groups in total. The van der Waals surface area contributed by atoms with E-state index in [-0.39, 0.29) is 5.54 Å². The summed E-state index contributed by atoms with van der Waals surface area (Å²) in [7, 11) is 0. The van der Waals surface area contributed by atoms with Crippen molar-refractivity contribution in [3.05, 3.63) is 17.3 Å². The van der Waals surface area contributed by atoms with Crippen LogP contribution in [0.5, 0.6) is 0 Å². The number of fused-ring (bicyclic) bond motifs is 2. The molecule has 4 heterocycles. The predicted molar refractivity (Wildman–Crippen MR) is 142 cm³/mol. The normalized spacial score (nSPS) is 29.4. The number of Topliss-reactive ketones (excluding diaryl/α,β-unsaturated/α-hetero) is 1. The van der Waals surface area contributed by atoms with Crippen LogP contribution in [-0.2, 0) is 16.6 Å². The van der Waals surface area contributed by atoms with Crippen LogP contribution in [0, 0.1) is 0 Å². The number of carbonyl (C=O) groups excluding carboxylic acids is 1. The number of piperazine rings is 1. The minimum Gasteiger partial charge on any atom is -0.354 e. The molecular weight excluding hydrogens is 466 g/mol. The van der Waals surface area contributed by atoms with Gasteiger partial charge in [-0.1, -0.05) is 11.6 Å². The van der Waals surface area contributed by atoms with E-state index in [4.69, 9.17) is 14.5 Å². The average Bonchev–Trinajstić information content (AvgIpc) is 3.57. The summed E-state index contributed by atoms with van der Waals surface area (Å²) >= 11 is 0. The third-order valence-corrected chi connectivity index (χ3v) is 9.53. The van der Waals surface area contributed by atoms with Gasteiger partial charge in [-0.3, -0.25) is 4.79 Å². The molecule has 37 heavy (non-hydrogen) atoms. The van der Waals surface area contributed by atoms with Crippen LogP contribution in [0.2, 0.25) is 0 Å². The van der Waals surface area contributed by atoms with Crippen molar-refractivity contribution in [2.75, 3.05) is 49.1 Å². The number of carbonyl (C=O) groups is 1. The van der Waals surface area contributed by atoms with Crippen molar-refractivity contribution in [1.82, 2.24) is 25.8 Å². The van der Waals surface area contributed by atoms with Crippen LogP contribution in [-0.4, -0.2) is 71.8 Å². The van der Waals surface area contributed by atoms with Crippen LogP contribution in [0.4, 0.5) is 11.8 Å². The minimum atomic E-state index is -0.450. The fraction of sp³-hybridized carbons (Fsp3) is 0.714. The highest BCUT2D eigenvalue weighted by molar-refractivity contribution is 5.91. The smallest absolute Gasteiger partial charge is 0.228 e. The summed E-state index contributed by atoms with van der Waals surface area (Å²) in [5.41, 5.74) is 2.60. The molecular formula is C28H39N7O2. The second-order valence-electron chi connectivity index (χ2n) is 12.0. The van der Waals surface area contributed by atoms with Gasteiger partial charge in [0.25, 0.3) is 0 Å². The third-order valence-electron chi connectivity index (χ3n) is 9.53. The van der Waals surface area contributed by atoms with E-state index in [1.165, 1.54) is 12.8 Å². The van der Waals surface area contributed by atoms with E-state index in [1.54, 1.807) is 0 Å². The Morgan fingerprint density at radius 3 is 2.78 bits per heavy atom. The Kier molecular flexibility index (Phi) is 5.77. The molecule has 2 aromatic rings. The highest BCUT2D eigenvalue weighted by atomic mass is 16.5. The standard InChI is InChI=1S/C28H39N7O2/c1-19-17-29-12-5-14-35(19)26-31-21(16-23(32-26)34-15-13-30-27(18-34)10-11-27)24-20-6-4-9-28(25(20)33-37-24)8-3-2-7-22(28)36/h16,19,29-30H,2-15,17-18H2,1H3/t19-,28+/m0/s1. The Morgan fingerprint density at radius 1 is 1.03 bits per heavy atom. The number of aromatic nitrogens is 3. The lowest BCUT2D eigenvalue weighted by molar-refractivity contribution is -0.127. The second kappa shape index (κ2) is 9.05. The van der Waals surface area contributed by atoms with E-state index in [0.717, 1.165) is 119 Å². The van der Waals surface area contributed by atoms with Gasteiger partial charge in [0.1, 0.15) is 23.0 Å². The summed E-state index contributed by atoms with van der Waals surface area (Å²) in [4.78, 5) is 28.3. The molecule has 2 spiro atoms. The summed E-state index contributed by atoms with van der Waals surface area (Å²) in [6.45, 7) is 7.98. The van der Waals surface area contributed by atoms with E-state index in [0.29, 0.717) is 18.2 Å². The number of nitrogens with one attached hydrogen (secondary N) is 2. The lowest BCUT2D eigenvalue weighted by atomic mass is 9.64. The van der Waals surface area contributed by atoms with Crippen molar-refractivity contribution >= 4 is 17.5 Å². The van der Waals surface area contributed by atoms with Crippen LogP contribution in [0.15, 0.2) is 10.6 Å². The molecule has 2 atom stereocenters. The molecule has 0 bridgehead atoms. The zero-order valence-corrected chi connectivity index (χ0v) is 22.0. The summed E-state index contributed by atoms with van der Waals surface area (Å²) in [6.07, 6.45) is 9.93. The second-order valence-corrected chi connectivity index (χ2v) is 12.0. The van der Waals surface area contributed by atoms with Gasteiger partial charge in [0.15, 0.2) is 5.76 Å². The average molecular weight is 506 g/mol. The van der Waals surface area contributed by atoms with Gasteiger partial charge in [-0.25, -0.2) is 4.98 Å². The summed E-state index contributed by atoms with van der Waals surface area (Å²) < 4.78 is 6.11. The molecule has 2 aliphatic heterocycles. The molecule has 198 valence electrons. The zero-order valence-electron chi connectivity index (χ0n) is 22.0. The molecule has 9 nitrogen and oxygen atoms in total. The minimum absolute atomic E-state index is 0.252. The van der Waals surface area contributed by atoms with Crippen molar-refractivity contribution < 1.29 is 9.32 Å². The van der Waals surface area contributed by atoms with Crippen molar-refractivity contribution in [1.29, 1.82) is 0 Å². The number of rotatable bonds is 3. The largest absolute Gasteiger partial charge is 0.354 e. The maximum absolute atomic E-state index is 13.2. The molecule has 0 radical (unpaired) electrons. The van der Waals surface area contributed by atoms with Crippen molar-refractivity contribution in [3.8, 4) is 11.5 Å². The maximum atomic E-state index is 13.2. The van der Waals surface area contributed by atoms with Crippen LogP contribution in [0.25, 0.3) is 11.5 Å². The monoisotopic (exact) mass is 505 g/mol. The molecule has 0 unspecified atom stereocenters. The van der Waals surface area contributed by atoms with Crippen molar-refractivity contribution in [2.24, 2.45) is 0 Å². The summed E-state index contributed by atoms with van der Waals surface area (Å²) in [5, 5.41) is 11.9. The van der Waals surface area contributed by atoms with Gasteiger partial charge < -0.3 is 25.0 Å². The number of nitrogens with zero attached hydrogens (tertiary/aromatic N) is 5. The van der Waals surface area contributed by atoms with Crippen LogP contribution >= 0.6 is 0 Å². The predicted octanol–water partition coefficient (Wildman–Crippen LogP) is 2.98. The van der Waals surface area contributed by atoms with Crippen molar-refractivity contribution in [3.63, 3.8) is 0 Å². The molecule has 7 rings (SSSR count). The molecule has 2 saturated heterocycles. The number of ketones is 1. The van der Waals surface area contributed by atoms with Gasteiger partial charge in [-0.05, 0) is 64.8 Å². The molecule has 5 aliphatic rings. The van der Waals surface area contributed by atoms with Gasteiger partial charge in [-0.15, -0.1) is 0 Å². The van der Waals surface area contributed by atoms with Gasteiger partial charge in [0, 0.05) is 62.4 Å². The summed E-state index contributed by atoms with van der Waals surface area (Å²) in [6, 6.07) is 2.41. The van der Waals surface area contributed by atoms with Crippen LogP contribution in [0.1, 0.15) is 76.0 Å². The molecule has 2 aromatic heterocycles. The first-order valence-electron chi connectivity index (χ1n) is 14.5. The molecule has 3 aliphatic carbocycles. The lowest BCUT2D eigenvalue weighted by Crippen LogP contribution is -2.53. The SMILES string of the molecule is C[C@H]1CNCCCN1c1nc(-c2onc3c2CCC[C@@]32CCCCC2=O)cc(N2CCNC3(CC3)C2)n1. The Morgan fingerprint density at radius 2 is 1.92 bits per heavy atom. The Labute approximate surface area is 218 Å². The van der Waals surface area contributed by atoms with E-state index < -0.39 is 5.41 Å². The van der Waals surface area contributed by atoms with Gasteiger partial charge >= 0.3 is 0 Å². The quantitative estimate of drug-likeness (QED) is 0.652. The number of hydrogen-bond acceptors (Lipinski definition) is 9. The van der Waals surface area contributed by atoms with E-state index in [1.807, 2.05) is 0 Å². The fourth-order valence-corrected chi connectivity index (χ4v) is 7.19. The lowest BCUT2D eigenvalue weighted by Gasteiger charge is -2.37. The molecule has 9 heteroatoms. The first-order valence-corrected chi connectivity index (χ1v) is 14.5. The first-order chi connectivity index (χ1) is 18.1. The zero-order chi connectivity index (χ0) is 25.0. The summed E-state index contributed by atoms with van der Waals surface area (Å²) in [5.74, 6) is 2.84. The fourth-order valence-electron chi connectivity index (χ4n) is 7.19. The van der Waals surface area contributed by atoms with E-state index >= 15 is 0 Å². The maximum Gasteiger partial charge on any atom is 0.228 e. The number of hydrogen-bond donors (Lipinski definition) is 2. The number of anilines is 2. The van der Waals surface area contributed by atoms with Gasteiger partial charge in [0.05, 0.1) is 5.41 Å². The highest BCUT2D eigenvalue weighted by Gasteiger charge is 2.48. The Bertz CT molecular complexity index is 1190. The van der Waals surface area contributed by atoms with Crippen LogP contribution < -0.4 is 20.4 Å². The topological polar surface area (TPSA) is 99.4 Å². The third kappa shape index (κ3) is 4.05. The van der Waals surface area contributed by atoms with E-state index in [9.17, 15) is 4.79 Å². The Balaban J connectivity index is 1.32. The van der Waals surface area contributed by atoms with E-state index in [2.05, 4.69) is 38.6 Å². The molecule has 0 amide bonds. The highest BCUT2D eigenvalue weighted by Crippen LogP contribution is 2.47. The van der Waals surface area contributed by atoms with Gasteiger partial charge in [-0.2, -0.15) is 4.98 Å². The van der Waals surface area contributed by atoms with Gasteiger partial charge in [0.2, 0.25) is 5.95 Å².